The number of hydrogen-bond acceptors (Lipinski definition) is 6. The normalized spacial score (nSPS) is 20.9. The maximum atomic E-state index is 12.6. The summed E-state index contributed by atoms with van der Waals surface area (Å²) in [6, 6.07) is 8.89. The van der Waals surface area contributed by atoms with Gasteiger partial charge in [0, 0.05) is 24.0 Å². The summed E-state index contributed by atoms with van der Waals surface area (Å²) >= 11 is 1.63. The first-order chi connectivity index (χ1) is 13.1. The third-order valence-electron chi connectivity index (χ3n) is 5.07. The first-order valence-corrected chi connectivity index (χ1v) is 9.91. The fourth-order valence-electron chi connectivity index (χ4n) is 3.72. The molecule has 2 fully saturated rings. The number of benzene rings is 1. The summed E-state index contributed by atoms with van der Waals surface area (Å²) in [5, 5.41) is 12.1. The molecule has 1 aromatic heterocycles. The number of carbonyl (C=O) groups excluding carboxylic acids is 1. The van der Waals surface area contributed by atoms with Crippen molar-refractivity contribution in [2.24, 2.45) is 0 Å². The first-order valence-electron chi connectivity index (χ1n) is 9.03. The Labute approximate surface area is 162 Å². The molecule has 1 spiro atoms. The zero-order valence-electron chi connectivity index (χ0n) is 15.2. The van der Waals surface area contributed by atoms with Crippen LogP contribution in [0.5, 0.6) is 0 Å². The number of rotatable bonds is 4. The van der Waals surface area contributed by atoms with Crippen molar-refractivity contribution in [2.45, 2.75) is 38.1 Å². The quantitative estimate of drug-likeness (QED) is 0.811. The molecule has 27 heavy (non-hydrogen) atoms. The van der Waals surface area contributed by atoms with Crippen LogP contribution in [0, 0.1) is 18.3 Å². The number of aromatic nitrogens is 1. The van der Waals surface area contributed by atoms with Crippen LogP contribution in [-0.2, 0) is 16.1 Å². The van der Waals surface area contributed by atoms with Gasteiger partial charge >= 0.3 is 0 Å². The summed E-state index contributed by atoms with van der Waals surface area (Å²) in [7, 11) is 0. The van der Waals surface area contributed by atoms with E-state index in [2.05, 4.69) is 11.1 Å². The lowest BCUT2D eigenvalue weighted by Gasteiger charge is -2.53. The monoisotopic (exact) mass is 383 g/mol. The lowest BCUT2D eigenvalue weighted by atomic mass is 9.84. The third kappa shape index (κ3) is 3.88. The molecule has 7 heteroatoms. The number of amides is 1. The molecule has 4 rings (SSSR count). The average molecular weight is 383 g/mol. The Balaban J connectivity index is 1.32. The van der Waals surface area contributed by atoms with Crippen LogP contribution in [0.3, 0.4) is 0 Å². The predicted octanol–water partition coefficient (Wildman–Crippen LogP) is 2.91. The second-order valence-electron chi connectivity index (χ2n) is 7.17. The molecule has 0 radical (unpaired) electrons. The number of aryl methyl sites for hydroxylation is 1. The first kappa shape index (κ1) is 18.1. The zero-order chi connectivity index (χ0) is 18.9. The Morgan fingerprint density at radius 2 is 2.37 bits per heavy atom. The van der Waals surface area contributed by atoms with E-state index in [0.29, 0.717) is 37.4 Å². The molecule has 2 aliphatic heterocycles. The van der Waals surface area contributed by atoms with Crippen LogP contribution >= 0.6 is 11.3 Å². The molecular formula is C20H21N3O3S. The Kier molecular flexibility index (Phi) is 4.96. The van der Waals surface area contributed by atoms with Gasteiger partial charge in [-0.2, -0.15) is 5.26 Å². The molecule has 0 bridgehead atoms. The number of ether oxygens (including phenoxy) is 2. The van der Waals surface area contributed by atoms with E-state index in [4.69, 9.17) is 14.7 Å². The minimum Gasteiger partial charge on any atom is -0.372 e. The van der Waals surface area contributed by atoms with Crippen LogP contribution in [0.25, 0.3) is 0 Å². The summed E-state index contributed by atoms with van der Waals surface area (Å²) in [6.07, 6.45) is 1.78. The van der Waals surface area contributed by atoms with Crippen LogP contribution in [0.1, 0.15) is 39.5 Å². The molecule has 6 nitrogen and oxygen atoms in total. The zero-order valence-corrected chi connectivity index (χ0v) is 16.0. The molecule has 0 unspecified atom stereocenters. The molecule has 3 heterocycles. The van der Waals surface area contributed by atoms with Crippen molar-refractivity contribution >= 4 is 17.2 Å². The molecule has 1 atom stereocenters. The lowest BCUT2D eigenvalue weighted by molar-refractivity contribution is -0.188. The van der Waals surface area contributed by atoms with E-state index in [1.165, 1.54) is 0 Å². The fourth-order valence-corrected chi connectivity index (χ4v) is 4.32. The number of nitrogens with zero attached hydrogens (tertiary/aromatic N) is 3. The molecule has 1 aromatic carbocycles. The van der Waals surface area contributed by atoms with E-state index in [0.717, 1.165) is 23.5 Å². The van der Waals surface area contributed by atoms with Gasteiger partial charge in [0.2, 0.25) is 0 Å². The number of carbonyl (C=O) groups is 1. The highest BCUT2D eigenvalue weighted by Crippen LogP contribution is 2.36. The highest BCUT2D eigenvalue weighted by atomic mass is 32.1. The minimum atomic E-state index is -0.302. The van der Waals surface area contributed by atoms with Gasteiger partial charge in [0.15, 0.2) is 0 Å². The maximum absolute atomic E-state index is 12.6. The third-order valence-corrected chi connectivity index (χ3v) is 5.89. The number of hydrogen-bond donors (Lipinski definition) is 0. The molecule has 140 valence electrons. The standard InChI is InChI=1S/C20H21N3O3S/c1-14-22-17(11-27-14)10-25-18-5-6-26-20(8-18)12-23(13-20)19(24)16-4-2-3-15(7-16)9-21/h2-4,7,11,18H,5-6,8,10,12-13H2,1H3/t18-/m1/s1. The molecule has 0 saturated carbocycles. The highest BCUT2D eigenvalue weighted by Gasteiger charge is 2.49. The molecular weight excluding hydrogens is 362 g/mol. The topological polar surface area (TPSA) is 75.5 Å². The smallest absolute Gasteiger partial charge is 0.254 e. The highest BCUT2D eigenvalue weighted by molar-refractivity contribution is 7.09. The lowest BCUT2D eigenvalue weighted by Crippen LogP contribution is -2.67. The number of likely N-dealkylation sites (tertiary alicyclic amines) is 1. The second kappa shape index (κ2) is 7.39. The van der Waals surface area contributed by atoms with Crippen LogP contribution in [-0.4, -0.2) is 47.2 Å². The van der Waals surface area contributed by atoms with Crippen molar-refractivity contribution in [3.63, 3.8) is 0 Å². The SMILES string of the molecule is Cc1nc(CO[C@@H]2CCOC3(C2)CN(C(=O)c2cccc(C#N)c2)C3)cs1. The Morgan fingerprint density at radius 1 is 1.52 bits per heavy atom. The van der Waals surface area contributed by atoms with E-state index >= 15 is 0 Å². The average Bonchev–Trinajstić information content (AvgIpc) is 3.09. The van der Waals surface area contributed by atoms with Crippen molar-refractivity contribution in [3.05, 3.63) is 51.5 Å². The van der Waals surface area contributed by atoms with Gasteiger partial charge in [0.05, 0.1) is 48.1 Å². The molecule has 2 aromatic rings. The van der Waals surface area contributed by atoms with Crippen molar-refractivity contribution in [1.29, 1.82) is 5.26 Å². The predicted molar refractivity (Wildman–Crippen MR) is 100 cm³/mol. The largest absolute Gasteiger partial charge is 0.372 e. The fraction of sp³-hybridized carbons (Fsp3) is 0.450. The van der Waals surface area contributed by atoms with E-state index in [-0.39, 0.29) is 17.6 Å². The maximum Gasteiger partial charge on any atom is 0.254 e. The molecule has 0 aliphatic carbocycles. The van der Waals surface area contributed by atoms with Gasteiger partial charge in [0.1, 0.15) is 5.60 Å². The van der Waals surface area contributed by atoms with Crippen molar-refractivity contribution in [1.82, 2.24) is 9.88 Å². The van der Waals surface area contributed by atoms with Crippen LogP contribution in [0.4, 0.5) is 0 Å². The van der Waals surface area contributed by atoms with E-state index in [9.17, 15) is 4.79 Å². The van der Waals surface area contributed by atoms with Gasteiger partial charge in [-0.25, -0.2) is 4.98 Å². The van der Waals surface area contributed by atoms with Gasteiger partial charge in [-0.1, -0.05) is 6.07 Å². The molecule has 0 N–H and O–H groups in total. The molecule has 2 saturated heterocycles. The molecule has 2 aliphatic rings. The van der Waals surface area contributed by atoms with E-state index in [1.54, 1.807) is 40.5 Å². The van der Waals surface area contributed by atoms with E-state index in [1.807, 2.05) is 12.3 Å². The summed E-state index contributed by atoms with van der Waals surface area (Å²) in [5.41, 5.74) is 1.71. The Morgan fingerprint density at radius 3 is 3.11 bits per heavy atom. The van der Waals surface area contributed by atoms with Crippen LogP contribution < -0.4 is 0 Å². The van der Waals surface area contributed by atoms with Crippen molar-refractivity contribution < 1.29 is 14.3 Å². The van der Waals surface area contributed by atoms with Crippen LogP contribution in [0.15, 0.2) is 29.6 Å². The molecule has 1 amide bonds. The summed E-state index contributed by atoms with van der Waals surface area (Å²) in [6.45, 7) is 4.29. The van der Waals surface area contributed by atoms with Gasteiger partial charge in [0.25, 0.3) is 5.91 Å². The summed E-state index contributed by atoms with van der Waals surface area (Å²) in [5.74, 6) is -0.0534. The van der Waals surface area contributed by atoms with E-state index < -0.39 is 0 Å². The summed E-state index contributed by atoms with van der Waals surface area (Å²) in [4.78, 5) is 18.9. The Hall–Kier alpha value is -2.27. The number of thiazole rings is 1. The van der Waals surface area contributed by atoms with Crippen molar-refractivity contribution in [3.8, 4) is 6.07 Å². The van der Waals surface area contributed by atoms with Gasteiger partial charge in [-0.05, 0) is 31.5 Å². The number of nitriles is 1. The van der Waals surface area contributed by atoms with Gasteiger partial charge in [-0.3, -0.25) is 4.79 Å². The summed E-state index contributed by atoms with van der Waals surface area (Å²) < 4.78 is 12.1. The van der Waals surface area contributed by atoms with Crippen LogP contribution in [0.2, 0.25) is 0 Å². The van der Waals surface area contributed by atoms with Crippen molar-refractivity contribution in [2.75, 3.05) is 19.7 Å². The van der Waals surface area contributed by atoms with Gasteiger partial charge in [-0.15, -0.1) is 11.3 Å². The minimum absolute atomic E-state index is 0.0534. The second-order valence-corrected chi connectivity index (χ2v) is 8.23. The van der Waals surface area contributed by atoms with Gasteiger partial charge < -0.3 is 14.4 Å². The Bertz CT molecular complexity index is 883.